The molecular formula is C17H18BrClN2O3S. The summed E-state index contributed by atoms with van der Waals surface area (Å²) in [6.07, 6.45) is 0. The lowest BCUT2D eigenvalue weighted by Crippen LogP contribution is -2.39. The zero-order chi connectivity index (χ0) is 18.6. The largest absolute Gasteiger partial charge is 0.348 e. The highest BCUT2D eigenvalue weighted by molar-refractivity contribution is 9.10. The van der Waals surface area contributed by atoms with Crippen LogP contribution in [0.1, 0.15) is 18.5 Å². The third kappa shape index (κ3) is 5.28. The van der Waals surface area contributed by atoms with Crippen molar-refractivity contribution in [1.29, 1.82) is 0 Å². The average molecular weight is 446 g/mol. The minimum atomic E-state index is -3.75. The quantitative estimate of drug-likeness (QED) is 0.739. The molecule has 2 aromatic carbocycles. The second kappa shape index (κ2) is 8.31. The van der Waals surface area contributed by atoms with E-state index in [-0.39, 0.29) is 23.4 Å². The molecule has 0 bridgehead atoms. The Morgan fingerprint density at radius 2 is 1.88 bits per heavy atom. The molecule has 0 fully saturated rings. The summed E-state index contributed by atoms with van der Waals surface area (Å²) in [7, 11) is -2.38. The molecule has 0 aliphatic rings. The highest BCUT2D eigenvalue weighted by atomic mass is 79.9. The van der Waals surface area contributed by atoms with Gasteiger partial charge in [-0.2, -0.15) is 4.31 Å². The van der Waals surface area contributed by atoms with E-state index in [0.29, 0.717) is 5.02 Å². The fourth-order valence-corrected chi connectivity index (χ4v) is 3.89. The molecule has 1 amide bonds. The maximum absolute atomic E-state index is 12.5. The molecule has 0 aliphatic carbocycles. The van der Waals surface area contributed by atoms with Crippen LogP contribution in [0.2, 0.25) is 5.02 Å². The van der Waals surface area contributed by atoms with Gasteiger partial charge in [0.15, 0.2) is 0 Å². The minimum Gasteiger partial charge on any atom is -0.348 e. The molecule has 8 heteroatoms. The van der Waals surface area contributed by atoms with Crippen LogP contribution in [0.5, 0.6) is 0 Å². The Morgan fingerprint density at radius 1 is 1.24 bits per heavy atom. The third-order valence-electron chi connectivity index (χ3n) is 3.61. The van der Waals surface area contributed by atoms with E-state index in [1.165, 1.54) is 31.3 Å². The summed E-state index contributed by atoms with van der Waals surface area (Å²) < 4.78 is 26.9. The Kier molecular flexibility index (Phi) is 6.62. The Morgan fingerprint density at radius 3 is 2.48 bits per heavy atom. The van der Waals surface area contributed by atoms with Crippen molar-refractivity contribution in [3.8, 4) is 0 Å². The number of halogens is 2. The molecule has 0 radical (unpaired) electrons. The molecule has 25 heavy (non-hydrogen) atoms. The van der Waals surface area contributed by atoms with Gasteiger partial charge in [-0.15, -0.1) is 0 Å². The number of carbonyl (C=O) groups excluding carboxylic acids is 1. The first-order valence-corrected chi connectivity index (χ1v) is 10.1. The average Bonchev–Trinajstić information content (AvgIpc) is 2.55. The van der Waals surface area contributed by atoms with Crippen LogP contribution in [-0.4, -0.2) is 32.2 Å². The van der Waals surface area contributed by atoms with E-state index in [4.69, 9.17) is 11.6 Å². The number of amides is 1. The minimum absolute atomic E-state index is 0.0900. The van der Waals surface area contributed by atoms with Crippen LogP contribution in [0.3, 0.4) is 0 Å². The van der Waals surface area contributed by atoms with Crippen LogP contribution in [-0.2, 0) is 14.8 Å². The Bertz CT molecular complexity index is 856. The van der Waals surface area contributed by atoms with E-state index in [1.54, 1.807) is 0 Å². The predicted molar refractivity (Wildman–Crippen MR) is 102 cm³/mol. The second-order valence-corrected chi connectivity index (χ2v) is 8.96. The molecule has 5 nitrogen and oxygen atoms in total. The molecule has 0 spiro atoms. The van der Waals surface area contributed by atoms with Gasteiger partial charge in [-0.25, -0.2) is 8.42 Å². The smallest absolute Gasteiger partial charge is 0.243 e. The van der Waals surface area contributed by atoms with E-state index in [2.05, 4.69) is 21.2 Å². The lowest BCUT2D eigenvalue weighted by molar-refractivity contribution is -0.121. The monoisotopic (exact) mass is 444 g/mol. The number of rotatable bonds is 6. The molecule has 0 aliphatic heterocycles. The molecule has 0 aromatic heterocycles. The van der Waals surface area contributed by atoms with Crippen molar-refractivity contribution >= 4 is 43.5 Å². The number of hydrogen-bond acceptors (Lipinski definition) is 3. The van der Waals surface area contributed by atoms with E-state index in [1.807, 2.05) is 31.2 Å². The summed E-state index contributed by atoms with van der Waals surface area (Å²) in [4.78, 5) is 12.3. The topological polar surface area (TPSA) is 66.5 Å². The lowest BCUT2D eigenvalue weighted by Gasteiger charge is -2.19. The summed E-state index contributed by atoms with van der Waals surface area (Å²) in [6.45, 7) is 1.57. The maximum Gasteiger partial charge on any atom is 0.243 e. The van der Waals surface area contributed by atoms with Crippen molar-refractivity contribution in [3.63, 3.8) is 0 Å². The van der Waals surface area contributed by atoms with Gasteiger partial charge in [0.25, 0.3) is 0 Å². The summed E-state index contributed by atoms with van der Waals surface area (Å²) >= 11 is 9.16. The normalized spacial score (nSPS) is 12.8. The number of carbonyl (C=O) groups is 1. The molecule has 1 atom stereocenters. The van der Waals surface area contributed by atoms with Gasteiger partial charge >= 0.3 is 0 Å². The summed E-state index contributed by atoms with van der Waals surface area (Å²) in [6, 6.07) is 13.1. The van der Waals surface area contributed by atoms with Gasteiger partial charge in [0, 0.05) is 16.5 Å². The SMILES string of the molecule is C[C@@H](NC(=O)CN(C)S(=O)(=O)c1ccc(Cl)cc1)c1cccc(Br)c1. The molecule has 1 N–H and O–H groups in total. The molecule has 2 rings (SSSR count). The first kappa shape index (κ1) is 19.9. The van der Waals surface area contributed by atoms with E-state index in [0.717, 1.165) is 14.3 Å². The van der Waals surface area contributed by atoms with Gasteiger partial charge in [-0.3, -0.25) is 4.79 Å². The molecule has 134 valence electrons. The summed E-state index contributed by atoms with van der Waals surface area (Å²) in [5.74, 6) is -0.382. The molecule has 0 saturated carbocycles. The van der Waals surface area contributed by atoms with Crippen molar-refractivity contribution in [2.24, 2.45) is 0 Å². The number of likely N-dealkylation sites (N-methyl/N-ethyl adjacent to an activating group) is 1. The number of nitrogens with zero attached hydrogens (tertiary/aromatic N) is 1. The van der Waals surface area contributed by atoms with Crippen molar-refractivity contribution in [3.05, 3.63) is 63.6 Å². The van der Waals surface area contributed by atoms with Gasteiger partial charge in [0.05, 0.1) is 17.5 Å². The Labute approximate surface area is 161 Å². The fourth-order valence-electron chi connectivity index (χ4n) is 2.22. The van der Waals surface area contributed by atoms with Crippen LogP contribution in [0, 0.1) is 0 Å². The van der Waals surface area contributed by atoms with Gasteiger partial charge in [-0.05, 0) is 48.9 Å². The maximum atomic E-state index is 12.5. The van der Waals surface area contributed by atoms with E-state index < -0.39 is 10.0 Å². The van der Waals surface area contributed by atoms with Crippen LogP contribution in [0.25, 0.3) is 0 Å². The zero-order valence-electron chi connectivity index (χ0n) is 13.7. The third-order valence-corrected chi connectivity index (χ3v) is 6.18. The van der Waals surface area contributed by atoms with E-state index >= 15 is 0 Å². The molecule has 0 heterocycles. The molecule has 2 aromatic rings. The standard InChI is InChI=1S/C17H18BrClN2O3S/c1-12(13-4-3-5-14(18)10-13)20-17(22)11-21(2)25(23,24)16-8-6-15(19)7-9-16/h3-10,12H,11H2,1-2H3,(H,20,22)/t12-/m1/s1. The number of benzene rings is 2. The lowest BCUT2D eigenvalue weighted by atomic mass is 10.1. The molecule has 0 saturated heterocycles. The second-order valence-electron chi connectivity index (χ2n) is 5.56. The number of hydrogen-bond donors (Lipinski definition) is 1. The van der Waals surface area contributed by atoms with Crippen LogP contribution < -0.4 is 5.32 Å². The van der Waals surface area contributed by atoms with Crippen molar-refractivity contribution in [1.82, 2.24) is 9.62 Å². The summed E-state index contributed by atoms with van der Waals surface area (Å²) in [5, 5.41) is 3.25. The fraction of sp³-hybridized carbons (Fsp3) is 0.235. The van der Waals surface area contributed by atoms with Gasteiger partial charge in [0.1, 0.15) is 0 Å². The Hall–Kier alpha value is -1.41. The van der Waals surface area contributed by atoms with Crippen LogP contribution >= 0.6 is 27.5 Å². The van der Waals surface area contributed by atoms with Crippen LogP contribution in [0.4, 0.5) is 0 Å². The van der Waals surface area contributed by atoms with Gasteiger partial charge in [0.2, 0.25) is 15.9 Å². The first-order chi connectivity index (χ1) is 11.7. The summed E-state index contributed by atoms with van der Waals surface area (Å²) in [5.41, 5.74) is 0.922. The predicted octanol–water partition coefficient (Wildman–Crippen LogP) is 3.60. The highest BCUT2D eigenvalue weighted by Crippen LogP contribution is 2.19. The molecule has 0 unspecified atom stereocenters. The zero-order valence-corrected chi connectivity index (χ0v) is 16.9. The van der Waals surface area contributed by atoms with Gasteiger partial charge in [-0.1, -0.05) is 39.7 Å². The van der Waals surface area contributed by atoms with Gasteiger partial charge < -0.3 is 5.32 Å². The van der Waals surface area contributed by atoms with Crippen molar-refractivity contribution in [2.75, 3.05) is 13.6 Å². The molecular weight excluding hydrogens is 428 g/mol. The van der Waals surface area contributed by atoms with Crippen molar-refractivity contribution < 1.29 is 13.2 Å². The van der Waals surface area contributed by atoms with Crippen molar-refractivity contribution in [2.45, 2.75) is 17.9 Å². The first-order valence-electron chi connectivity index (χ1n) is 7.47. The number of nitrogens with one attached hydrogen (secondary N) is 1. The number of sulfonamides is 1. The van der Waals surface area contributed by atoms with E-state index in [9.17, 15) is 13.2 Å². The highest BCUT2D eigenvalue weighted by Gasteiger charge is 2.23. The van der Waals surface area contributed by atoms with Crippen LogP contribution in [0.15, 0.2) is 57.9 Å². The Balaban J connectivity index is 2.03.